The predicted molar refractivity (Wildman–Crippen MR) is 154 cm³/mol. The van der Waals surface area contributed by atoms with Gasteiger partial charge < -0.3 is 33.5 Å². The Morgan fingerprint density at radius 3 is 1.90 bits per heavy atom. The molecule has 1 N–H and O–H groups in total. The van der Waals surface area contributed by atoms with Crippen molar-refractivity contribution in [2.45, 2.75) is 20.3 Å². The zero-order valence-corrected chi connectivity index (χ0v) is 23.9. The summed E-state index contributed by atoms with van der Waals surface area (Å²) in [5.41, 5.74) is 7.03. The van der Waals surface area contributed by atoms with Gasteiger partial charge in [-0.1, -0.05) is 25.1 Å². The zero-order valence-electron chi connectivity index (χ0n) is 23.9. The molecule has 10 heteroatoms. The molecule has 0 atom stereocenters. The van der Waals surface area contributed by atoms with E-state index < -0.39 is 5.97 Å². The summed E-state index contributed by atoms with van der Waals surface area (Å²) in [5.74, 6) is -0.437. The molecule has 0 bridgehead atoms. The first-order valence-electron chi connectivity index (χ1n) is 13.8. The Morgan fingerprint density at radius 2 is 1.34 bits per heavy atom. The zero-order chi connectivity index (χ0) is 29.1. The minimum absolute atomic E-state index is 0.242. The molecule has 0 saturated heterocycles. The molecular weight excluding hydrogens is 528 g/mol. The van der Waals surface area contributed by atoms with Crippen LogP contribution in [-0.4, -0.2) is 93.7 Å². The normalized spacial score (nSPS) is 11.1. The highest BCUT2D eigenvalue weighted by Gasteiger charge is 2.09. The Balaban J connectivity index is 1.23. The van der Waals surface area contributed by atoms with E-state index in [-0.39, 0.29) is 13.2 Å². The van der Waals surface area contributed by atoms with Gasteiger partial charge in [-0.25, -0.2) is 9.78 Å². The van der Waals surface area contributed by atoms with Crippen LogP contribution in [0.1, 0.15) is 18.1 Å². The fourth-order valence-corrected chi connectivity index (χ4v) is 3.96. The molecule has 41 heavy (non-hydrogen) atoms. The van der Waals surface area contributed by atoms with Crippen LogP contribution >= 0.6 is 0 Å². The minimum Gasteiger partial charge on any atom is -0.480 e. The third-order valence-corrected chi connectivity index (χ3v) is 6.08. The van der Waals surface area contributed by atoms with Gasteiger partial charge in [0, 0.05) is 35.8 Å². The second-order valence-electron chi connectivity index (χ2n) is 9.05. The molecule has 2 heterocycles. The summed E-state index contributed by atoms with van der Waals surface area (Å²) < 4.78 is 32.2. The number of ether oxygens (including phenoxy) is 6. The topological polar surface area (TPSA) is 118 Å². The van der Waals surface area contributed by atoms with Gasteiger partial charge in [0.05, 0.1) is 59.5 Å². The summed E-state index contributed by atoms with van der Waals surface area (Å²) in [6.45, 7) is 8.06. The maximum absolute atomic E-state index is 10.3. The van der Waals surface area contributed by atoms with E-state index in [4.69, 9.17) is 33.5 Å². The number of hydrogen-bond donors (Lipinski definition) is 1. The summed E-state index contributed by atoms with van der Waals surface area (Å²) in [5, 5.41) is 8.44. The SMILES string of the molecule is CCc1cc(-c2ccc(OCCOCCOCCOCCOCCOCC(=O)O)nc2)ccc1-c1cnccc1C. The van der Waals surface area contributed by atoms with Crippen LogP contribution in [0.25, 0.3) is 22.3 Å². The number of aryl methyl sites for hydroxylation is 2. The van der Waals surface area contributed by atoms with Gasteiger partial charge in [0.1, 0.15) is 13.2 Å². The van der Waals surface area contributed by atoms with Gasteiger partial charge >= 0.3 is 5.97 Å². The second kappa shape index (κ2) is 18.8. The number of carboxylic acid groups (broad SMARTS) is 1. The van der Waals surface area contributed by atoms with E-state index in [1.54, 1.807) is 0 Å². The van der Waals surface area contributed by atoms with Crippen molar-refractivity contribution in [2.75, 3.05) is 72.7 Å². The van der Waals surface area contributed by atoms with E-state index in [9.17, 15) is 4.79 Å². The highest BCUT2D eigenvalue weighted by molar-refractivity contribution is 5.75. The lowest BCUT2D eigenvalue weighted by molar-refractivity contribution is -0.142. The lowest BCUT2D eigenvalue weighted by Crippen LogP contribution is -2.15. The molecule has 0 unspecified atom stereocenters. The van der Waals surface area contributed by atoms with Gasteiger partial charge in [-0.2, -0.15) is 0 Å². The van der Waals surface area contributed by atoms with Gasteiger partial charge in [0.15, 0.2) is 0 Å². The van der Waals surface area contributed by atoms with Gasteiger partial charge in [-0.05, 0) is 47.7 Å². The lowest BCUT2D eigenvalue weighted by atomic mass is 9.93. The molecule has 222 valence electrons. The van der Waals surface area contributed by atoms with E-state index in [0.717, 1.165) is 17.5 Å². The second-order valence-corrected chi connectivity index (χ2v) is 9.05. The third-order valence-electron chi connectivity index (χ3n) is 6.08. The van der Waals surface area contributed by atoms with Gasteiger partial charge in [0.25, 0.3) is 0 Å². The standard InChI is InChI=1S/C31H40N2O8/c1-3-25-20-26(4-6-28(25)29-22-32-9-8-24(29)2)27-5-7-30(33-21-27)41-19-18-39-15-14-37-11-10-36-12-13-38-16-17-40-23-31(34)35/h4-9,20-22H,3,10-19,23H2,1-2H3,(H,34,35). The molecule has 0 aliphatic rings. The van der Waals surface area contributed by atoms with Crippen molar-refractivity contribution in [1.82, 2.24) is 9.97 Å². The monoisotopic (exact) mass is 568 g/mol. The summed E-state index contributed by atoms with van der Waals surface area (Å²) >= 11 is 0. The van der Waals surface area contributed by atoms with E-state index in [0.29, 0.717) is 65.3 Å². The van der Waals surface area contributed by atoms with Crippen LogP contribution in [-0.2, 0) is 34.9 Å². The number of carboxylic acids is 1. The fraction of sp³-hybridized carbons (Fsp3) is 0.452. The van der Waals surface area contributed by atoms with Crippen molar-refractivity contribution in [3.05, 3.63) is 66.1 Å². The first kappa shape index (κ1) is 32.1. The van der Waals surface area contributed by atoms with E-state index in [1.807, 2.05) is 36.8 Å². The molecular formula is C31H40N2O8. The number of pyridine rings is 2. The molecule has 3 aromatic rings. The highest BCUT2D eigenvalue weighted by Crippen LogP contribution is 2.31. The van der Waals surface area contributed by atoms with Crippen molar-refractivity contribution >= 4 is 5.97 Å². The molecule has 3 rings (SSSR count). The van der Waals surface area contributed by atoms with Crippen LogP contribution in [0.4, 0.5) is 0 Å². The summed E-state index contributed by atoms with van der Waals surface area (Å²) in [6.07, 6.45) is 6.51. The largest absolute Gasteiger partial charge is 0.480 e. The number of nitrogens with zero attached hydrogens (tertiary/aromatic N) is 2. The van der Waals surface area contributed by atoms with Crippen molar-refractivity contribution in [2.24, 2.45) is 0 Å². The first-order chi connectivity index (χ1) is 20.1. The average Bonchev–Trinajstić information content (AvgIpc) is 2.99. The Labute approximate surface area is 241 Å². The average molecular weight is 569 g/mol. The number of aliphatic carboxylic acids is 1. The minimum atomic E-state index is -0.994. The van der Waals surface area contributed by atoms with E-state index in [1.165, 1.54) is 22.3 Å². The Hall–Kier alpha value is -3.41. The Kier molecular flexibility index (Phi) is 14.8. The number of rotatable bonds is 21. The summed E-state index contributed by atoms with van der Waals surface area (Å²) in [7, 11) is 0. The van der Waals surface area contributed by atoms with E-state index in [2.05, 4.69) is 42.0 Å². The third kappa shape index (κ3) is 11.9. The Morgan fingerprint density at radius 1 is 0.732 bits per heavy atom. The summed E-state index contributed by atoms with van der Waals surface area (Å²) in [6, 6.07) is 12.4. The number of aromatic nitrogens is 2. The first-order valence-corrected chi connectivity index (χ1v) is 13.8. The smallest absolute Gasteiger partial charge is 0.329 e. The van der Waals surface area contributed by atoms with E-state index >= 15 is 0 Å². The van der Waals surface area contributed by atoms with Crippen LogP contribution in [0.5, 0.6) is 5.88 Å². The quantitative estimate of drug-likeness (QED) is 0.187. The van der Waals surface area contributed by atoms with Crippen LogP contribution < -0.4 is 4.74 Å². The molecule has 0 saturated carbocycles. The maximum atomic E-state index is 10.3. The Bertz CT molecular complexity index is 1170. The van der Waals surface area contributed by atoms with Gasteiger partial charge in [0.2, 0.25) is 5.88 Å². The number of benzene rings is 1. The van der Waals surface area contributed by atoms with Crippen molar-refractivity contribution in [1.29, 1.82) is 0 Å². The predicted octanol–water partition coefficient (Wildman–Crippen LogP) is 4.23. The van der Waals surface area contributed by atoms with Crippen molar-refractivity contribution < 1.29 is 38.3 Å². The van der Waals surface area contributed by atoms with Crippen LogP contribution in [0.3, 0.4) is 0 Å². The number of hydrogen-bond acceptors (Lipinski definition) is 9. The summed E-state index contributed by atoms with van der Waals surface area (Å²) in [4.78, 5) is 19.0. The van der Waals surface area contributed by atoms with Crippen LogP contribution in [0, 0.1) is 6.92 Å². The van der Waals surface area contributed by atoms with Crippen LogP contribution in [0.15, 0.2) is 55.0 Å². The molecule has 0 radical (unpaired) electrons. The molecule has 0 amide bonds. The molecule has 0 spiro atoms. The molecule has 10 nitrogen and oxygen atoms in total. The van der Waals surface area contributed by atoms with Gasteiger partial charge in [-0.3, -0.25) is 4.98 Å². The molecule has 0 fully saturated rings. The maximum Gasteiger partial charge on any atom is 0.329 e. The number of carbonyl (C=O) groups is 1. The molecule has 1 aromatic carbocycles. The van der Waals surface area contributed by atoms with Gasteiger partial charge in [-0.15, -0.1) is 0 Å². The highest BCUT2D eigenvalue weighted by atomic mass is 16.6. The molecule has 0 aliphatic carbocycles. The fourth-order valence-electron chi connectivity index (χ4n) is 3.96. The molecule has 0 aliphatic heterocycles. The molecule has 2 aromatic heterocycles. The van der Waals surface area contributed by atoms with Crippen molar-refractivity contribution in [3.63, 3.8) is 0 Å². The van der Waals surface area contributed by atoms with Crippen molar-refractivity contribution in [3.8, 4) is 28.1 Å². The van der Waals surface area contributed by atoms with Crippen LogP contribution in [0.2, 0.25) is 0 Å². The lowest BCUT2D eigenvalue weighted by Gasteiger charge is -2.13.